The summed E-state index contributed by atoms with van der Waals surface area (Å²) in [6.07, 6.45) is 2.04. The van der Waals surface area contributed by atoms with Crippen LogP contribution in [0.3, 0.4) is 0 Å². The molecule has 0 aliphatic heterocycles. The van der Waals surface area contributed by atoms with Crippen LogP contribution in [0.4, 0.5) is 11.4 Å². The molecule has 0 saturated carbocycles. The molecule has 0 aromatic heterocycles. The van der Waals surface area contributed by atoms with Crippen LogP contribution in [-0.2, 0) is 4.79 Å². The molecule has 1 amide bonds. The second-order valence-corrected chi connectivity index (χ2v) is 5.63. The summed E-state index contributed by atoms with van der Waals surface area (Å²) in [5.41, 5.74) is 8.17. The van der Waals surface area contributed by atoms with Gasteiger partial charge in [0.1, 0.15) is 11.5 Å². The maximum atomic E-state index is 11.9. The van der Waals surface area contributed by atoms with Gasteiger partial charge in [-0.15, -0.1) is 12.4 Å². The number of rotatable bonds is 8. The monoisotopic (exact) mass is 364 g/mol. The van der Waals surface area contributed by atoms with Crippen LogP contribution >= 0.6 is 12.4 Å². The van der Waals surface area contributed by atoms with Crippen LogP contribution in [-0.4, -0.2) is 19.6 Å². The number of nitrogens with one attached hydrogen (secondary N) is 1. The van der Waals surface area contributed by atoms with Gasteiger partial charge in [0.25, 0.3) is 0 Å². The molecular formula is C19H25ClN2O3. The van der Waals surface area contributed by atoms with E-state index in [1.807, 2.05) is 31.2 Å². The summed E-state index contributed by atoms with van der Waals surface area (Å²) in [5.74, 6) is 1.43. The number of carbonyl (C=O) groups is 1. The second-order valence-electron chi connectivity index (χ2n) is 5.63. The molecule has 0 aliphatic carbocycles. The molecule has 0 spiro atoms. The van der Waals surface area contributed by atoms with Crippen LogP contribution in [0.25, 0.3) is 0 Å². The minimum atomic E-state index is -0.0323. The number of hydrogen-bond donors (Lipinski definition) is 2. The average molecular weight is 365 g/mol. The molecule has 0 saturated heterocycles. The van der Waals surface area contributed by atoms with Crippen molar-refractivity contribution in [1.29, 1.82) is 0 Å². The molecule has 0 radical (unpaired) electrons. The van der Waals surface area contributed by atoms with Crippen LogP contribution in [0, 0.1) is 6.92 Å². The number of benzene rings is 2. The summed E-state index contributed by atoms with van der Waals surface area (Å²) >= 11 is 0. The van der Waals surface area contributed by atoms with Crippen molar-refractivity contribution in [2.24, 2.45) is 0 Å². The fraction of sp³-hybridized carbons (Fsp3) is 0.316. The molecular weight excluding hydrogens is 340 g/mol. The minimum Gasteiger partial charge on any atom is -0.495 e. The van der Waals surface area contributed by atoms with Crippen molar-refractivity contribution in [3.8, 4) is 11.5 Å². The number of carbonyl (C=O) groups excluding carboxylic acids is 1. The molecule has 6 heteroatoms. The summed E-state index contributed by atoms with van der Waals surface area (Å²) < 4.78 is 10.8. The molecule has 0 fully saturated rings. The lowest BCUT2D eigenvalue weighted by Crippen LogP contribution is -2.12. The second kappa shape index (κ2) is 10.5. The SMILES string of the molecule is COc1ccc(NC(=O)CCCCOc2cccc(C)c2)cc1N.Cl. The first-order chi connectivity index (χ1) is 11.6. The lowest BCUT2D eigenvalue weighted by atomic mass is 10.2. The molecule has 3 N–H and O–H groups in total. The Kier molecular flexibility index (Phi) is 8.64. The topological polar surface area (TPSA) is 73.6 Å². The van der Waals surface area contributed by atoms with Gasteiger partial charge in [-0.3, -0.25) is 4.79 Å². The fourth-order valence-electron chi connectivity index (χ4n) is 2.32. The summed E-state index contributed by atoms with van der Waals surface area (Å²) in [5, 5.41) is 2.83. The molecule has 2 rings (SSSR count). The van der Waals surface area contributed by atoms with Gasteiger partial charge in [0.2, 0.25) is 5.91 Å². The van der Waals surface area contributed by atoms with Gasteiger partial charge in [-0.25, -0.2) is 0 Å². The predicted octanol–water partition coefficient (Wildman–Crippen LogP) is 4.20. The Hall–Kier alpha value is -2.40. The molecule has 0 heterocycles. The zero-order chi connectivity index (χ0) is 17.4. The van der Waals surface area contributed by atoms with Crippen LogP contribution in [0.1, 0.15) is 24.8 Å². The van der Waals surface area contributed by atoms with Gasteiger partial charge in [0.05, 0.1) is 19.4 Å². The minimum absolute atomic E-state index is 0. The van der Waals surface area contributed by atoms with Gasteiger partial charge in [-0.1, -0.05) is 12.1 Å². The first-order valence-corrected chi connectivity index (χ1v) is 8.01. The summed E-state index contributed by atoms with van der Waals surface area (Å²) in [4.78, 5) is 11.9. The zero-order valence-corrected chi connectivity index (χ0v) is 15.4. The van der Waals surface area contributed by atoms with Crippen LogP contribution in [0.5, 0.6) is 11.5 Å². The quantitative estimate of drug-likeness (QED) is 0.544. The Bertz CT molecular complexity index is 692. The van der Waals surface area contributed by atoms with Gasteiger partial charge < -0.3 is 20.5 Å². The van der Waals surface area contributed by atoms with Crippen molar-refractivity contribution >= 4 is 29.7 Å². The van der Waals surface area contributed by atoms with E-state index in [1.165, 1.54) is 5.56 Å². The molecule has 0 bridgehead atoms. The van der Waals surface area contributed by atoms with E-state index in [0.717, 1.165) is 18.6 Å². The van der Waals surface area contributed by atoms with Crippen LogP contribution in [0.2, 0.25) is 0 Å². The van der Waals surface area contributed by atoms with Crippen LogP contribution in [0.15, 0.2) is 42.5 Å². The Balaban J connectivity index is 0.00000312. The van der Waals surface area contributed by atoms with E-state index in [4.69, 9.17) is 15.2 Å². The number of unbranched alkanes of at least 4 members (excludes halogenated alkanes) is 1. The van der Waals surface area contributed by atoms with Crippen molar-refractivity contribution in [1.82, 2.24) is 0 Å². The van der Waals surface area contributed by atoms with Gasteiger partial charge in [-0.2, -0.15) is 0 Å². The summed E-state index contributed by atoms with van der Waals surface area (Å²) in [6, 6.07) is 13.1. The zero-order valence-electron chi connectivity index (χ0n) is 14.6. The van der Waals surface area contributed by atoms with Gasteiger partial charge >= 0.3 is 0 Å². The van der Waals surface area contributed by atoms with Crippen molar-refractivity contribution in [2.75, 3.05) is 24.8 Å². The van der Waals surface area contributed by atoms with E-state index in [-0.39, 0.29) is 18.3 Å². The van der Waals surface area contributed by atoms with Crippen LogP contribution < -0.4 is 20.5 Å². The van der Waals surface area contributed by atoms with Crippen molar-refractivity contribution in [3.05, 3.63) is 48.0 Å². The summed E-state index contributed by atoms with van der Waals surface area (Å²) in [7, 11) is 1.56. The van der Waals surface area contributed by atoms with E-state index >= 15 is 0 Å². The number of methoxy groups -OCH3 is 1. The Morgan fingerprint density at radius 2 is 1.96 bits per heavy atom. The van der Waals surface area contributed by atoms with E-state index in [1.54, 1.807) is 25.3 Å². The third-order valence-electron chi connectivity index (χ3n) is 3.57. The van der Waals surface area contributed by atoms with E-state index in [9.17, 15) is 4.79 Å². The standard InChI is InChI=1S/C19H24N2O3.ClH/c1-14-6-5-7-16(12-14)24-11-4-3-8-19(22)21-15-9-10-18(23-2)17(20)13-15;/h5-7,9-10,12-13H,3-4,8,11,20H2,1-2H3,(H,21,22);1H. The molecule has 0 atom stereocenters. The molecule has 5 nitrogen and oxygen atoms in total. The Morgan fingerprint density at radius 3 is 2.64 bits per heavy atom. The highest BCUT2D eigenvalue weighted by Gasteiger charge is 2.05. The number of aryl methyl sites for hydroxylation is 1. The lowest BCUT2D eigenvalue weighted by Gasteiger charge is -2.09. The molecule has 2 aromatic rings. The number of hydrogen-bond acceptors (Lipinski definition) is 4. The van der Waals surface area contributed by atoms with Gasteiger partial charge in [0, 0.05) is 12.1 Å². The number of amides is 1. The maximum absolute atomic E-state index is 11.9. The highest BCUT2D eigenvalue weighted by Crippen LogP contribution is 2.24. The first kappa shape index (κ1) is 20.6. The molecule has 0 unspecified atom stereocenters. The van der Waals surface area contributed by atoms with E-state index in [0.29, 0.717) is 30.2 Å². The molecule has 136 valence electrons. The molecule has 25 heavy (non-hydrogen) atoms. The highest BCUT2D eigenvalue weighted by molar-refractivity contribution is 5.91. The number of nitrogen functional groups attached to an aromatic ring is 1. The molecule has 0 aliphatic rings. The number of anilines is 2. The molecule has 2 aromatic carbocycles. The van der Waals surface area contributed by atoms with E-state index in [2.05, 4.69) is 5.32 Å². The lowest BCUT2D eigenvalue weighted by molar-refractivity contribution is -0.116. The largest absolute Gasteiger partial charge is 0.495 e. The van der Waals surface area contributed by atoms with Crippen molar-refractivity contribution in [2.45, 2.75) is 26.2 Å². The fourth-order valence-corrected chi connectivity index (χ4v) is 2.32. The highest BCUT2D eigenvalue weighted by atomic mass is 35.5. The maximum Gasteiger partial charge on any atom is 0.224 e. The first-order valence-electron chi connectivity index (χ1n) is 8.01. The predicted molar refractivity (Wildman–Crippen MR) is 104 cm³/mol. The number of nitrogens with two attached hydrogens (primary N) is 1. The van der Waals surface area contributed by atoms with E-state index < -0.39 is 0 Å². The Morgan fingerprint density at radius 1 is 1.16 bits per heavy atom. The Labute approximate surface area is 154 Å². The number of halogens is 1. The average Bonchev–Trinajstić information content (AvgIpc) is 2.55. The number of ether oxygens (including phenoxy) is 2. The smallest absolute Gasteiger partial charge is 0.224 e. The van der Waals surface area contributed by atoms with Crippen molar-refractivity contribution in [3.63, 3.8) is 0 Å². The third kappa shape index (κ3) is 6.93. The normalized spacial score (nSPS) is 9.84. The third-order valence-corrected chi connectivity index (χ3v) is 3.57. The van der Waals surface area contributed by atoms with Crippen molar-refractivity contribution < 1.29 is 14.3 Å². The van der Waals surface area contributed by atoms with Gasteiger partial charge in [0.15, 0.2) is 0 Å². The summed E-state index contributed by atoms with van der Waals surface area (Å²) in [6.45, 7) is 2.63. The van der Waals surface area contributed by atoms with Gasteiger partial charge in [-0.05, 0) is 55.7 Å².